The van der Waals surface area contributed by atoms with E-state index < -0.39 is 0 Å². The highest BCUT2D eigenvalue weighted by molar-refractivity contribution is 6.23. The third-order valence-electron chi connectivity index (χ3n) is 8.18. The molecule has 0 amide bonds. The Morgan fingerprint density at radius 3 is 2.03 bits per heavy atom. The van der Waals surface area contributed by atoms with Gasteiger partial charge in [0, 0.05) is 10.8 Å². The second-order valence-corrected chi connectivity index (χ2v) is 10.1. The molecule has 7 aromatic carbocycles. The molecule has 0 saturated heterocycles. The van der Waals surface area contributed by atoms with Gasteiger partial charge < -0.3 is 4.42 Å². The molecule has 0 N–H and O–H groups in total. The van der Waals surface area contributed by atoms with Gasteiger partial charge in [-0.05, 0) is 90.0 Å². The molecule has 1 aliphatic carbocycles. The molecule has 0 radical (unpaired) electrons. The highest BCUT2D eigenvalue weighted by Gasteiger charge is 2.24. The molecule has 0 bridgehead atoms. The minimum Gasteiger partial charge on any atom is -0.456 e. The van der Waals surface area contributed by atoms with Crippen LogP contribution < -0.4 is 0 Å². The van der Waals surface area contributed by atoms with Crippen LogP contribution in [-0.2, 0) is 0 Å². The van der Waals surface area contributed by atoms with Gasteiger partial charge in [-0.15, -0.1) is 0 Å². The zero-order valence-electron chi connectivity index (χ0n) is 20.0. The summed E-state index contributed by atoms with van der Waals surface area (Å²) in [5.41, 5.74) is 9.70. The van der Waals surface area contributed by atoms with E-state index in [1.807, 2.05) is 0 Å². The number of fused-ring (bicyclic) bond motifs is 9. The first-order chi connectivity index (χ1) is 18.3. The summed E-state index contributed by atoms with van der Waals surface area (Å²) >= 11 is 0. The summed E-state index contributed by atoms with van der Waals surface area (Å²) in [6.07, 6.45) is 0. The molecule has 37 heavy (non-hydrogen) atoms. The lowest BCUT2D eigenvalue weighted by atomic mass is 9.93. The fourth-order valence-corrected chi connectivity index (χ4v) is 6.51. The Kier molecular flexibility index (Phi) is 3.59. The molecule has 0 saturated carbocycles. The van der Waals surface area contributed by atoms with E-state index in [0.717, 1.165) is 16.6 Å². The van der Waals surface area contributed by atoms with Crippen molar-refractivity contribution in [2.75, 3.05) is 0 Å². The quantitative estimate of drug-likeness (QED) is 0.233. The first kappa shape index (κ1) is 19.3. The Labute approximate surface area is 213 Å². The molecule has 1 aliphatic rings. The van der Waals surface area contributed by atoms with Crippen LogP contribution in [0, 0.1) is 0 Å². The van der Waals surface area contributed by atoms with E-state index in [0.29, 0.717) is 0 Å². The molecule has 170 valence electrons. The lowest BCUT2D eigenvalue weighted by Crippen LogP contribution is -1.84. The van der Waals surface area contributed by atoms with Crippen LogP contribution in [0.25, 0.3) is 87.6 Å². The highest BCUT2D eigenvalue weighted by Crippen LogP contribution is 2.51. The van der Waals surface area contributed by atoms with Crippen LogP contribution in [0.3, 0.4) is 0 Å². The number of benzene rings is 7. The Hall–Kier alpha value is -4.88. The topological polar surface area (TPSA) is 13.1 Å². The molecular formula is C36H20O. The summed E-state index contributed by atoms with van der Waals surface area (Å²) in [4.78, 5) is 0. The maximum absolute atomic E-state index is 6.27. The van der Waals surface area contributed by atoms with Gasteiger partial charge in [0.2, 0.25) is 0 Å². The van der Waals surface area contributed by atoms with E-state index in [4.69, 9.17) is 4.42 Å². The van der Waals surface area contributed by atoms with Crippen LogP contribution in [0.4, 0.5) is 0 Å². The van der Waals surface area contributed by atoms with Crippen molar-refractivity contribution in [1.29, 1.82) is 0 Å². The zero-order valence-corrected chi connectivity index (χ0v) is 20.0. The minimum atomic E-state index is 0.930. The van der Waals surface area contributed by atoms with Gasteiger partial charge in [0.1, 0.15) is 11.2 Å². The van der Waals surface area contributed by atoms with Crippen LogP contribution in [0.2, 0.25) is 0 Å². The summed E-state index contributed by atoms with van der Waals surface area (Å²) in [5, 5.41) is 10.0. The molecule has 0 aliphatic heterocycles. The van der Waals surface area contributed by atoms with E-state index in [1.165, 1.54) is 71.1 Å². The van der Waals surface area contributed by atoms with Gasteiger partial charge in [0.15, 0.2) is 0 Å². The maximum Gasteiger partial charge on any atom is 0.136 e. The first-order valence-electron chi connectivity index (χ1n) is 12.8. The van der Waals surface area contributed by atoms with Gasteiger partial charge in [-0.1, -0.05) is 97.1 Å². The fraction of sp³-hybridized carbons (Fsp3) is 0. The van der Waals surface area contributed by atoms with Crippen molar-refractivity contribution in [1.82, 2.24) is 0 Å². The maximum atomic E-state index is 6.27. The third-order valence-corrected chi connectivity index (χ3v) is 8.18. The highest BCUT2D eigenvalue weighted by atomic mass is 16.3. The van der Waals surface area contributed by atoms with Gasteiger partial charge in [0.05, 0.1) is 0 Å². The second kappa shape index (κ2) is 6.87. The molecule has 0 fully saturated rings. The smallest absolute Gasteiger partial charge is 0.136 e. The van der Waals surface area contributed by atoms with Crippen molar-refractivity contribution in [3.8, 4) is 33.4 Å². The van der Waals surface area contributed by atoms with Gasteiger partial charge in [-0.3, -0.25) is 0 Å². The van der Waals surface area contributed by atoms with Crippen molar-refractivity contribution in [2.45, 2.75) is 0 Å². The Morgan fingerprint density at radius 1 is 0.378 bits per heavy atom. The first-order valence-corrected chi connectivity index (χ1v) is 12.8. The monoisotopic (exact) mass is 468 g/mol. The van der Waals surface area contributed by atoms with Crippen molar-refractivity contribution in [2.24, 2.45) is 0 Å². The van der Waals surface area contributed by atoms with Crippen LogP contribution >= 0.6 is 0 Å². The molecule has 0 atom stereocenters. The molecule has 1 heterocycles. The molecule has 1 nitrogen and oxygen atoms in total. The van der Waals surface area contributed by atoms with Crippen molar-refractivity contribution < 1.29 is 4.42 Å². The Balaban J connectivity index is 1.31. The van der Waals surface area contributed by atoms with Gasteiger partial charge in [0.25, 0.3) is 0 Å². The molecule has 0 spiro atoms. The number of rotatable bonds is 1. The average Bonchev–Trinajstić information content (AvgIpc) is 3.48. The van der Waals surface area contributed by atoms with Crippen molar-refractivity contribution in [3.63, 3.8) is 0 Å². The van der Waals surface area contributed by atoms with Crippen LogP contribution in [-0.4, -0.2) is 0 Å². The SMILES string of the molecule is c1ccc2cc3c(cc2c1)oc1ccc(-c2ccc4c5c(cccc25)-c2ccc5ccccc5c2-4)cc13. The molecule has 1 heteroatoms. The number of hydrogen-bond acceptors (Lipinski definition) is 1. The van der Waals surface area contributed by atoms with E-state index in [-0.39, 0.29) is 0 Å². The summed E-state index contributed by atoms with van der Waals surface area (Å²) in [6, 6.07) is 44.2. The van der Waals surface area contributed by atoms with Crippen molar-refractivity contribution in [3.05, 3.63) is 121 Å². The van der Waals surface area contributed by atoms with E-state index in [9.17, 15) is 0 Å². The lowest BCUT2D eigenvalue weighted by Gasteiger charge is -2.10. The van der Waals surface area contributed by atoms with Gasteiger partial charge in [-0.25, -0.2) is 0 Å². The molecule has 8 aromatic rings. The van der Waals surface area contributed by atoms with Crippen LogP contribution in [0.15, 0.2) is 126 Å². The standard InChI is InChI=1S/C36H20O/c1-2-8-23-20-34-32(18-22(23)7-1)31-19-24(13-17-33(31)37-34)25-15-16-30-35-26-9-4-3-6-21(26)12-14-29(35)28-11-5-10-27(25)36(28)30/h1-20H. The molecule has 0 unspecified atom stereocenters. The van der Waals surface area contributed by atoms with Crippen LogP contribution in [0.5, 0.6) is 0 Å². The normalized spacial score (nSPS) is 12.3. The number of hydrogen-bond donors (Lipinski definition) is 0. The summed E-state index contributed by atoms with van der Waals surface area (Å²) in [6.45, 7) is 0. The minimum absolute atomic E-state index is 0.930. The predicted molar refractivity (Wildman–Crippen MR) is 156 cm³/mol. The van der Waals surface area contributed by atoms with Crippen molar-refractivity contribution >= 4 is 54.3 Å². The number of furan rings is 1. The summed E-state index contributed by atoms with van der Waals surface area (Å²) in [7, 11) is 0. The molecule has 9 rings (SSSR count). The fourth-order valence-electron chi connectivity index (χ4n) is 6.51. The van der Waals surface area contributed by atoms with Gasteiger partial charge in [-0.2, -0.15) is 0 Å². The largest absolute Gasteiger partial charge is 0.456 e. The summed E-state index contributed by atoms with van der Waals surface area (Å²) < 4.78 is 6.27. The third kappa shape index (κ3) is 2.53. The van der Waals surface area contributed by atoms with E-state index >= 15 is 0 Å². The second-order valence-electron chi connectivity index (χ2n) is 10.1. The van der Waals surface area contributed by atoms with Crippen LogP contribution in [0.1, 0.15) is 0 Å². The predicted octanol–water partition coefficient (Wildman–Crippen LogP) is 10.4. The Bertz CT molecular complexity index is 2250. The molecular weight excluding hydrogens is 448 g/mol. The van der Waals surface area contributed by atoms with E-state index in [1.54, 1.807) is 0 Å². The lowest BCUT2D eigenvalue weighted by molar-refractivity contribution is 0.669. The summed E-state index contributed by atoms with van der Waals surface area (Å²) in [5.74, 6) is 0. The van der Waals surface area contributed by atoms with E-state index in [2.05, 4.69) is 121 Å². The zero-order chi connectivity index (χ0) is 24.1. The average molecular weight is 469 g/mol. The van der Waals surface area contributed by atoms with Gasteiger partial charge >= 0.3 is 0 Å². The molecule has 1 aromatic heterocycles. The Morgan fingerprint density at radius 2 is 1.11 bits per heavy atom.